The highest BCUT2D eigenvalue weighted by molar-refractivity contribution is 4.74. The predicted molar refractivity (Wildman–Crippen MR) is 50.6 cm³/mol. The van der Waals surface area contributed by atoms with Crippen LogP contribution in [-0.4, -0.2) is 32.1 Å². The zero-order valence-corrected chi connectivity index (χ0v) is 8.13. The Labute approximate surface area is 79.8 Å². The topological polar surface area (TPSA) is 30.5 Å². The van der Waals surface area contributed by atoms with E-state index in [9.17, 15) is 0 Å². The van der Waals surface area contributed by atoms with E-state index in [1.165, 1.54) is 32.1 Å². The maximum atomic E-state index is 5.54. The Kier molecular flexibility index (Phi) is 3.58. The van der Waals surface area contributed by atoms with Gasteiger partial charge in [-0.25, -0.2) is 0 Å². The Morgan fingerprint density at radius 2 is 1.85 bits per heavy atom. The van der Waals surface area contributed by atoms with Gasteiger partial charge in [0.15, 0.2) is 0 Å². The number of hydrogen-bond donors (Lipinski definition) is 1. The van der Waals surface area contributed by atoms with Crippen LogP contribution < -0.4 is 5.32 Å². The van der Waals surface area contributed by atoms with Crippen molar-refractivity contribution in [3.05, 3.63) is 0 Å². The molecule has 3 heteroatoms. The molecule has 2 aliphatic rings. The third-order valence-corrected chi connectivity index (χ3v) is 2.84. The molecule has 0 bridgehead atoms. The molecule has 1 saturated heterocycles. The van der Waals surface area contributed by atoms with Gasteiger partial charge in [-0.2, -0.15) is 0 Å². The monoisotopic (exact) mass is 185 g/mol. The average Bonchev–Trinajstić information content (AvgIpc) is 2.21. The van der Waals surface area contributed by atoms with Gasteiger partial charge in [0, 0.05) is 6.04 Å². The third kappa shape index (κ3) is 2.93. The molecule has 1 N–H and O–H groups in total. The van der Waals surface area contributed by atoms with E-state index in [1.807, 2.05) is 0 Å². The van der Waals surface area contributed by atoms with Crippen LogP contribution in [0.15, 0.2) is 0 Å². The molecule has 1 atom stereocenters. The van der Waals surface area contributed by atoms with Gasteiger partial charge < -0.3 is 9.47 Å². The van der Waals surface area contributed by atoms with Crippen molar-refractivity contribution in [2.75, 3.05) is 19.8 Å². The van der Waals surface area contributed by atoms with E-state index in [-0.39, 0.29) is 6.23 Å². The van der Waals surface area contributed by atoms with E-state index in [4.69, 9.17) is 9.47 Å². The maximum absolute atomic E-state index is 5.54. The van der Waals surface area contributed by atoms with Crippen LogP contribution in [0.25, 0.3) is 0 Å². The van der Waals surface area contributed by atoms with Gasteiger partial charge in [-0.05, 0) is 12.8 Å². The van der Waals surface area contributed by atoms with E-state index >= 15 is 0 Å². The van der Waals surface area contributed by atoms with Crippen LogP contribution in [0, 0.1) is 0 Å². The fourth-order valence-electron chi connectivity index (χ4n) is 2.12. The van der Waals surface area contributed by atoms with Crippen molar-refractivity contribution in [3.63, 3.8) is 0 Å². The van der Waals surface area contributed by atoms with Crippen LogP contribution in [0.3, 0.4) is 0 Å². The third-order valence-electron chi connectivity index (χ3n) is 2.84. The highest BCUT2D eigenvalue weighted by atomic mass is 16.6. The second-order valence-electron chi connectivity index (χ2n) is 3.94. The van der Waals surface area contributed by atoms with Crippen molar-refractivity contribution in [1.82, 2.24) is 5.32 Å². The first-order valence-corrected chi connectivity index (χ1v) is 5.40. The molecule has 1 heterocycles. The minimum Gasteiger partial charge on any atom is -0.375 e. The minimum absolute atomic E-state index is 0.150. The average molecular weight is 185 g/mol. The summed E-state index contributed by atoms with van der Waals surface area (Å²) in [6.07, 6.45) is 6.90. The first-order chi connectivity index (χ1) is 6.45. The molecule has 1 aliphatic heterocycles. The lowest BCUT2D eigenvalue weighted by atomic mass is 9.95. The number of nitrogens with one attached hydrogen (secondary N) is 1. The quantitative estimate of drug-likeness (QED) is 0.703. The van der Waals surface area contributed by atoms with Gasteiger partial charge in [0.25, 0.3) is 0 Å². The second-order valence-corrected chi connectivity index (χ2v) is 3.94. The summed E-state index contributed by atoms with van der Waals surface area (Å²) in [4.78, 5) is 0. The van der Waals surface area contributed by atoms with Gasteiger partial charge in [0.2, 0.25) is 0 Å². The minimum atomic E-state index is 0.150. The Bertz CT molecular complexity index is 124. The Hall–Kier alpha value is -0.120. The predicted octanol–water partition coefficient (Wildman–Crippen LogP) is 1.28. The number of rotatable bonds is 2. The zero-order chi connectivity index (χ0) is 8.93. The van der Waals surface area contributed by atoms with Gasteiger partial charge in [0.1, 0.15) is 6.23 Å². The van der Waals surface area contributed by atoms with Crippen LogP contribution in [0.1, 0.15) is 32.1 Å². The summed E-state index contributed by atoms with van der Waals surface area (Å²) < 4.78 is 10.9. The summed E-state index contributed by atoms with van der Waals surface area (Å²) >= 11 is 0. The van der Waals surface area contributed by atoms with Gasteiger partial charge in [-0.15, -0.1) is 0 Å². The standard InChI is InChI=1S/C10H19NO2/c1-2-4-9(5-3-1)11-10-8-12-6-7-13-10/h9-11H,1-8H2. The van der Waals surface area contributed by atoms with Crippen LogP contribution in [0.5, 0.6) is 0 Å². The van der Waals surface area contributed by atoms with Gasteiger partial charge >= 0.3 is 0 Å². The molecule has 2 fully saturated rings. The molecule has 0 radical (unpaired) electrons. The summed E-state index contributed by atoms with van der Waals surface area (Å²) in [5, 5.41) is 3.51. The molecule has 2 rings (SSSR count). The van der Waals surface area contributed by atoms with E-state index < -0.39 is 0 Å². The lowest BCUT2D eigenvalue weighted by Crippen LogP contribution is -2.46. The fraction of sp³-hybridized carbons (Fsp3) is 1.00. The zero-order valence-electron chi connectivity index (χ0n) is 8.13. The van der Waals surface area contributed by atoms with E-state index in [0.29, 0.717) is 6.04 Å². The lowest BCUT2D eigenvalue weighted by molar-refractivity contribution is -0.106. The van der Waals surface area contributed by atoms with Gasteiger partial charge in [-0.1, -0.05) is 19.3 Å². The van der Waals surface area contributed by atoms with Crippen molar-refractivity contribution >= 4 is 0 Å². The van der Waals surface area contributed by atoms with Crippen LogP contribution in [0.4, 0.5) is 0 Å². The van der Waals surface area contributed by atoms with Gasteiger partial charge in [-0.3, -0.25) is 5.32 Å². The van der Waals surface area contributed by atoms with Gasteiger partial charge in [0.05, 0.1) is 19.8 Å². The first kappa shape index (κ1) is 9.44. The molecule has 1 saturated carbocycles. The summed E-state index contributed by atoms with van der Waals surface area (Å²) in [5.74, 6) is 0. The molecule has 13 heavy (non-hydrogen) atoms. The molecular weight excluding hydrogens is 166 g/mol. The molecule has 0 aromatic rings. The maximum Gasteiger partial charge on any atom is 0.132 e. The van der Waals surface area contributed by atoms with Crippen LogP contribution >= 0.6 is 0 Å². The molecule has 1 unspecified atom stereocenters. The molecule has 0 aromatic heterocycles. The van der Waals surface area contributed by atoms with E-state index in [0.717, 1.165) is 19.8 Å². The van der Waals surface area contributed by atoms with Crippen LogP contribution in [0.2, 0.25) is 0 Å². The molecule has 0 aromatic carbocycles. The number of hydrogen-bond acceptors (Lipinski definition) is 3. The Morgan fingerprint density at radius 3 is 2.54 bits per heavy atom. The Morgan fingerprint density at radius 1 is 1.00 bits per heavy atom. The molecule has 1 aliphatic carbocycles. The van der Waals surface area contributed by atoms with Crippen molar-refractivity contribution in [2.24, 2.45) is 0 Å². The summed E-state index contributed by atoms with van der Waals surface area (Å²) in [5.41, 5.74) is 0. The highest BCUT2D eigenvalue weighted by Gasteiger charge is 2.20. The van der Waals surface area contributed by atoms with Crippen molar-refractivity contribution in [3.8, 4) is 0 Å². The van der Waals surface area contributed by atoms with Crippen molar-refractivity contribution in [2.45, 2.75) is 44.4 Å². The molecule has 0 spiro atoms. The molecule has 3 nitrogen and oxygen atoms in total. The first-order valence-electron chi connectivity index (χ1n) is 5.40. The van der Waals surface area contributed by atoms with Crippen LogP contribution in [-0.2, 0) is 9.47 Å². The second kappa shape index (κ2) is 4.94. The van der Waals surface area contributed by atoms with E-state index in [1.54, 1.807) is 0 Å². The van der Waals surface area contributed by atoms with E-state index in [2.05, 4.69) is 5.32 Å². The molecular formula is C10H19NO2. The Balaban J connectivity index is 1.69. The largest absolute Gasteiger partial charge is 0.375 e. The van der Waals surface area contributed by atoms with Crippen molar-refractivity contribution in [1.29, 1.82) is 0 Å². The summed E-state index contributed by atoms with van der Waals surface area (Å²) in [7, 11) is 0. The fourth-order valence-corrected chi connectivity index (χ4v) is 2.12. The summed E-state index contributed by atoms with van der Waals surface area (Å²) in [6.45, 7) is 2.21. The smallest absolute Gasteiger partial charge is 0.132 e. The SMILES string of the molecule is C1CCC(NC2COCCO2)CC1. The highest BCUT2D eigenvalue weighted by Crippen LogP contribution is 2.18. The number of ether oxygens (including phenoxy) is 2. The normalized spacial score (nSPS) is 31.8. The molecule has 0 amide bonds. The molecule has 76 valence electrons. The summed E-state index contributed by atoms with van der Waals surface area (Å²) in [6, 6.07) is 0.667. The lowest BCUT2D eigenvalue weighted by Gasteiger charge is -2.30. The van der Waals surface area contributed by atoms with Crippen molar-refractivity contribution < 1.29 is 9.47 Å².